The third kappa shape index (κ3) is 3.64. The fourth-order valence-electron chi connectivity index (χ4n) is 1.52. The number of aromatic amines is 1. The number of nitrogens with zero attached hydrogens (tertiary/aromatic N) is 2. The van der Waals surface area contributed by atoms with Crippen LogP contribution in [-0.4, -0.2) is 21.5 Å². The van der Waals surface area contributed by atoms with Gasteiger partial charge in [0, 0.05) is 36.7 Å². The number of thiazole rings is 1. The molecule has 0 saturated carbocycles. The Morgan fingerprint density at radius 2 is 2.35 bits per heavy atom. The second-order valence-electron chi connectivity index (χ2n) is 4.29. The minimum Gasteiger partial charge on any atom is -0.348 e. The zero-order valence-corrected chi connectivity index (χ0v) is 11.0. The monoisotopic (exact) mass is 250 g/mol. The molecule has 0 atom stereocenters. The molecule has 0 aromatic carbocycles. The highest BCUT2D eigenvalue weighted by Crippen LogP contribution is 2.19. The lowest BCUT2D eigenvalue weighted by molar-refractivity contribution is 0.659. The van der Waals surface area contributed by atoms with Crippen LogP contribution in [-0.2, 0) is 13.0 Å². The van der Waals surface area contributed by atoms with Crippen LogP contribution in [0.2, 0.25) is 0 Å². The zero-order chi connectivity index (χ0) is 12.1. The zero-order valence-electron chi connectivity index (χ0n) is 10.2. The summed E-state index contributed by atoms with van der Waals surface area (Å²) >= 11 is 1.76. The molecule has 2 aromatic heterocycles. The quantitative estimate of drug-likeness (QED) is 0.774. The van der Waals surface area contributed by atoms with Gasteiger partial charge in [0.15, 0.2) is 0 Å². The molecule has 0 aliphatic heterocycles. The van der Waals surface area contributed by atoms with Crippen LogP contribution in [0.15, 0.2) is 17.8 Å². The molecule has 2 N–H and O–H groups in total. The number of rotatable bonds is 6. The Morgan fingerprint density at radius 1 is 1.47 bits per heavy atom. The van der Waals surface area contributed by atoms with Crippen molar-refractivity contribution >= 4 is 11.3 Å². The van der Waals surface area contributed by atoms with E-state index in [1.807, 2.05) is 6.20 Å². The van der Waals surface area contributed by atoms with E-state index in [2.05, 4.69) is 39.5 Å². The summed E-state index contributed by atoms with van der Waals surface area (Å²) in [5.74, 6) is 1.51. The molecule has 0 aliphatic rings. The summed E-state index contributed by atoms with van der Waals surface area (Å²) in [5, 5.41) is 6.73. The smallest absolute Gasteiger partial charge is 0.120 e. The average molecular weight is 250 g/mol. The van der Waals surface area contributed by atoms with Crippen molar-refractivity contribution in [3.8, 4) is 0 Å². The predicted molar refractivity (Wildman–Crippen MR) is 70.2 cm³/mol. The number of H-pyrrole nitrogens is 1. The first-order valence-corrected chi connectivity index (χ1v) is 6.77. The van der Waals surface area contributed by atoms with Crippen molar-refractivity contribution in [2.24, 2.45) is 0 Å². The SMILES string of the molecule is CC(C)c1nc(CCNCc2ncc[nH]2)cs1. The fourth-order valence-corrected chi connectivity index (χ4v) is 2.39. The van der Waals surface area contributed by atoms with Gasteiger partial charge < -0.3 is 10.3 Å². The van der Waals surface area contributed by atoms with Gasteiger partial charge in [0.2, 0.25) is 0 Å². The third-order valence-electron chi connectivity index (χ3n) is 2.47. The molecule has 0 bridgehead atoms. The highest BCUT2D eigenvalue weighted by atomic mass is 32.1. The molecular weight excluding hydrogens is 232 g/mol. The molecule has 0 fully saturated rings. The summed E-state index contributed by atoms with van der Waals surface area (Å²) in [4.78, 5) is 11.8. The summed E-state index contributed by atoms with van der Waals surface area (Å²) in [6.07, 6.45) is 4.59. The Labute approximate surface area is 106 Å². The molecule has 2 rings (SSSR count). The van der Waals surface area contributed by atoms with Gasteiger partial charge in [0.1, 0.15) is 5.82 Å². The number of imidazole rings is 1. The maximum absolute atomic E-state index is 4.60. The van der Waals surface area contributed by atoms with Gasteiger partial charge in [-0.05, 0) is 0 Å². The van der Waals surface area contributed by atoms with Crippen molar-refractivity contribution in [2.75, 3.05) is 6.54 Å². The first kappa shape index (κ1) is 12.3. The van der Waals surface area contributed by atoms with Crippen LogP contribution in [0.5, 0.6) is 0 Å². The van der Waals surface area contributed by atoms with Gasteiger partial charge in [-0.25, -0.2) is 9.97 Å². The van der Waals surface area contributed by atoms with Crippen LogP contribution in [0, 0.1) is 0 Å². The van der Waals surface area contributed by atoms with E-state index in [9.17, 15) is 0 Å². The minimum absolute atomic E-state index is 0.532. The molecule has 2 aromatic rings. The summed E-state index contributed by atoms with van der Waals surface area (Å²) in [7, 11) is 0. The normalized spacial score (nSPS) is 11.2. The molecule has 4 nitrogen and oxygen atoms in total. The van der Waals surface area contributed by atoms with Gasteiger partial charge in [0.25, 0.3) is 0 Å². The van der Waals surface area contributed by atoms with Gasteiger partial charge in [-0.2, -0.15) is 0 Å². The van der Waals surface area contributed by atoms with Gasteiger partial charge >= 0.3 is 0 Å². The fraction of sp³-hybridized carbons (Fsp3) is 0.500. The molecule has 17 heavy (non-hydrogen) atoms. The number of hydrogen-bond donors (Lipinski definition) is 2. The molecule has 92 valence electrons. The Morgan fingerprint density at radius 3 is 3.00 bits per heavy atom. The van der Waals surface area contributed by atoms with Crippen molar-refractivity contribution < 1.29 is 0 Å². The van der Waals surface area contributed by atoms with E-state index in [1.54, 1.807) is 17.5 Å². The van der Waals surface area contributed by atoms with Crippen LogP contribution in [0.25, 0.3) is 0 Å². The van der Waals surface area contributed by atoms with E-state index < -0.39 is 0 Å². The van der Waals surface area contributed by atoms with Crippen LogP contribution in [0.1, 0.15) is 36.3 Å². The molecule has 0 amide bonds. The first-order valence-electron chi connectivity index (χ1n) is 5.89. The maximum atomic E-state index is 4.60. The maximum Gasteiger partial charge on any atom is 0.120 e. The molecule has 5 heteroatoms. The first-order chi connectivity index (χ1) is 8.25. The highest BCUT2D eigenvalue weighted by Gasteiger charge is 2.05. The van der Waals surface area contributed by atoms with Crippen LogP contribution < -0.4 is 5.32 Å². The van der Waals surface area contributed by atoms with E-state index in [1.165, 1.54) is 10.7 Å². The minimum atomic E-state index is 0.532. The number of nitrogens with one attached hydrogen (secondary N) is 2. The topological polar surface area (TPSA) is 53.6 Å². The van der Waals surface area contributed by atoms with Crippen molar-refractivity contribution in [1.29, 1.82) is 0 Å². The molecule has 0 unspecified atom stereocenters. The highest BCUT2D eigenvalue weighted by molar-refractivity contribution is 7.09. The van der Waals surface area contributed by atoms with E-state index in [0.29, 0.717) is 5.92 Å². The van der Waals surface area contributed by atoms with E-state index in [0.717, 1.165) is 25.3 Å². The standard InChI is InChI=1S/C12H18N4S/c1-9(2)12-16-10(8-17-12)3-4-13-7-11-14-5-6-15-11/h5-6,8-9,13H,3-4,7H2,1-2H3,(H,14,15). The summed E-state index contributed by atoms with van der Waals surface area (Å²) in [5.41, 5.74) is 1.19. The lowest BCUT2D eigenvalue weighted by Crippen LogP contribution is -2.17. The number of hydrogen-bond acceptors (Lipinski definition) is 4. The Bertz CT molecular complexity index is 433. The summed E-state index contributed by atoms with van der Waals surface area (Å²) in [6, 6.07) is 0. The van der Waals surface area contributed by atoms with Crippen molar-refractivity contribution in [2.45, 2.75) is 32.7 Å². The van der Waals surface area contributed by atoms with Crippen molar-refractivity contribution in [3.05, 3.63) is 34.3 Å². The van der Waals surface area contributed by atoms with Gasteiger partial charge in [-0.3, -0.25) is 0 Å². The molecule has 0 aliphatic carbocycles. The van der Waals surface area contributed by atoms with Gasteiger partial charge in [-0.1, -0.05) is 13.8 Å². The Kier molecular flexibility index (Phi) is 4.28. The summed E-state index contributed by atoms with van der Waals surface area (Å²) in [6.45, 7) is 6.08. The lowest BCUT2D eigenvalue weighted by atomic mass is 10.2. The van der Waals surface area contributed by atoms with Crippen LogP contribution >= 0.6 is 11.3 Å². The van der Waals surface area contributed by atoms with Crippen molar-refractivity contribution in [3.63, 3.8) is 0 Å². The average Bonchev–Trinajstić information content (AvgIpc) is 2.96. The molecule has 0 radical (unpaired) electrons. The second kappa shape index (κ2) is 5.93. The molecule has 0 saturated heterocycles. The second-order valence-corrected chi connectivity index (χ2v) is 5.18. The van der Waals surface area contributed by atoms with Crippen LogP contribution in [0.4, 0.5) is 0 Å². The third-order valence-corrected chi connectivity index (χ3v) is 3.66. The van der Waals surface area contributed by atoms with Crippen molar-refractivity contribution in [1.82, 2.24) is 20.3 Å². The van der Waals surface area contributed by atoms with E-state index in [-0.39, 0.29) is 0 Å². The molecular formula is C12H18N4S. The van der Waals surface area contributed by atoms with Gasteiger partial charge in [-0.15, -0.1) is 11.3 Å². The Hall–Kier alpha value is -1.20. The largest absolute Gasteiger partial charge is 0.348 e. The van der Waals surface area contributed by atoms with Crippen LogP contribution in [0.3, 0.4) is 0 Å². The predicted octanol–water partition coefficient (Wildman–Crippen LogP) is 2.32. The van der Waals surface area contributed by atoms with Gasteiger partial charge in [0.05, 0.1) is 17.2 Å². The molecule has 0 spiro atoms. The molecule has 2 heterocycles. The lowest BCUT2D eigenvalue weighted by Gasteiger charge is -2.01. The summed E-state index contributed by atoms with van der Waals surface area (Å²) < 4.78 is 0. The van der Waals surface area contributed by atoms with E-state index in [4.69, 9.17) is 0 Å². The Balaban J connectivity index is 1.71. The van der Waals surface area contributed by atoms with E-state index >= 15 is 0 Å². The number of aromatic nitrogens is 3.